The van der Waals surface area contributed by atoms with Crippen molar-refractivity contribution < 1.29 is 28.4 Å². The fraction of sp³-hybridized carbons (Fsp3) is 0.917. The molecule has 1 heterocycles. The van der Waals surface area contributed by atoms with Crippen molar-refractivity contribution in [3.05, 3.63) is 0 Å². The number of carboxylic acid groups (broad SMARTS) is 1. The van der Waals surface area contributed by atoms with Crippen LogP contribution in [0.25, 0.3) is 0 Å². The first kappa shape index (κ1) is 20.3. The summed E-state index contributed by atoms with van der Waals surface area (Å²) in [5.74, 6) is -2.21. The van der Waals surface area contributed by atoms with Gasteiger partial charge in [-0.1, -0.05) is 6.42 Å². The minimum atomic E-state index is -3.83. The van der Waals surface area contributed by atoms with Gasteiger partial charge in [0.15, 0.2) is 0 Å². The summed E-state index contributed by atoms with van der Waals surface area (Å²) in [6.45, 7) is 3.40. The topological polar surface area (TPSA) is 153 Å². The van der Waals surface area contributed by atoms with E-state index in [2.05, 4.69) is 4.72 Å². The molecular formula is C12H26BN3O6S. The molecule has 0 bridgehead atoms. The lowest BCUT2D eigenvalue weighted by molar-refractivity contribution is -0.142. The third-order valence-corrected chi connectivity index (χ3v) is 5.81. The highest BCUT2D eigenvalue weighted by atomic mass is 32.2. The van der Waals surface area contributed by atoms with E-state index in [9.17, 15) is 18.3 Å². The molecule has 1 fully saturated rings. The van der Waals surface area contributed by atoms with Crippen molar-refractivity contribution in [3.63, 3.8) is 0 Å². The number of nitrogens with two attached hydrogens (primary N) is 1. The molecule has 1 saturated heterocycles. The summed E-state index contributed by atoms with van der Waals surface area (Å²) < 4.78 is 28.4. The lowest BCUT2D eigenvalue weighted by Gasteiger charge is -2.27. The van der Waals surface area contributed by atoms with Gasteiger partial charge in [-0.05, 0) is 32.5 Å². The quantitative estimate of drug-likeness (QED) is 0.315. The second kappa shape index (κ2) is 7.91. The molecule has 134 valence electrons. The van der Waals surface area contributed by atoms with Crippen LogP contribution < -0.4 is 10.5 Å². The summed E-state index contributed by atoms with van der Waals surface area (Å²) in [5, 5.41) is 27.0. The molecule has 11 heteroatoms. The highest BCUT2D eigenvalue weighted by molar-refractivity contribution is 7.87. The Kier molecular flexibility index (Phi) is 6.99. The van der Waals surface area contributed by atoms with E-state index in [1.165, 1.54) is 0 Å². The first-order valence-corrected chi connectivity index (χ1v) is 9.00. The van der Waals surface area contributed by atoms with Crippen LogP contribution in [0.1, 0.15) is 26.7 Å². The fourth-order valence-electron chi connectivity index (χ4n) is 2.62. The van der Waals surface area contributed by atoms with Crippen molar-refractivity contribution in [3.8, 4) is 0 Å². The average molecular weight is 351 g/mol. The van der Waals surface area contributed by atoms with Crippen molar-refractivity contribution in [2.45, 2.75) is 38.5 Å². The molecular weight excluding hydrogens is 325 g/mol. The van der Waals surface area contributed by atoms with Crippen molar-refractivity contribution in [1.82, 2.24) is 9.03 Å². The zero-order valence-corrected chi connectivity index (χ0v) is 14.3. The SMILES string of the molecule is CC(C)(CN)NS(=O)(=O)N1CC(CCCB(O)O)C(C(=O)O)C1. The van der Waals surface area contributed by atoms with Crippen molar-refractivity contribution in [2.75, 3.05) is 19.6 Å². The van der Waals surface area contributed by atoms with Crippen LogP contribution in [-0.4, -0.2) is 66.1 Å². The predicted octanol–water partition coefficient (Wildman–Crippen LogP) is -1.56. The molecule has 0 aromatic heterocycles. The molecule has 0 saturated carbocycles. The number of hydrogen-bond donors (Lipinski definition) is 5. The number of nitrogens with one attached hydrogen (secondary N) is 1. The predicted molar refractivity (Wildman–Crippen MR) is 85.6 cm³/mol. The molecule has 6 N–H and O–H groups in total. The molecule has 9 nitrogen and oxygen atoms in total. The standard InChI is InChI=1S/C12H26BN3O6S/c1-12(2,8-14)15-23(21,22)16-6-9(4-3-5-13(19)20)10(7-16)11(17)18/h9-10,15,19-20H,3-8,14H2,1-2H3,(H,17,18). The maximum Gasteiger partial charge on any atom is 0.451 e. The molecule has 0 spiro atoms. The Labute approximate surface area is 137 Å². The van der Waals surface area contributed by atoms with E-state index in [4.69, 9.17) is 15.8 Å². The van der Waals surface area contributed by atoms with Gasteiger partial charge in [0.05, 0.1) is 5.92 Å². The Bertz CT molecular complexity index is 513. The lowest BCUT2D eigenvalue weighted by Crippen LogP contribution is -2.53. The maximum absolute atomic E-state index is 12.4. The summed E-state index contributed by atoms with van der Waals surface area (Å²) in [5.41, 5.74) is 4.70. The largest absolute Gasteiger partial charge is 0.481 e. The second-order valence-corrected chi connectivity index (χ2v) is 8.30. The Morgan fingerprint density at radius 1 is 1.39 bits per heavy atom. The van der Waals surface area contributed by atoms with Gasteiger partial charge in [0.1, 0.15) is 0 Å². The average Bonchev–Trinajstić information content (AvgIpc) is 2.82. The van der Waals surface area contributed by atoms with Crippen LogP contribution >= 0.6 is 0 Å². The Morgan fingerprint density at radius 2 is 2.00 bits per heavy atom. The minimum absolute atomic E-state index is 0.0917. The van der Waals surface area contributed by atoms with E-state index >= 15 is 0 Å². The summed E-state index contributed by atoms with van der Waals surface area (Å²) in [6.07, 6.45) is 0.969. The van der Waals surface area contributed by atoms with Crippen molar-refractivity contribution in [2.24, 2.45) is 17.6 Å². The van der Waals surface area contributed by atoms with Crippen LogP contribution in [0, 0.1) is 11.8 Å². The zero-order valence-electron chi connectivity index (χ0n) is 13.5. The summed E-state index contributed by atoms with van der Waals surface area (Å²) in [7, 11) is -5.27. The molecule has 0 aromatic rings. The summed E-state index contributed by atoms with van der Waals surface area (Å²) in [6, 6.07) is 0. The maximum atomic E-state index is 12.4. The monoisotopic (exact) mass is 351 g/mol. The zero-order chi connectivity index (χ0) is 17.8. The first-order chi connectivity index (χ1) is 10.5. The van der Waals surface area contributed by atoms with E-state index in [1.807, 2.05) is 0 Å². The van der Waals surface area contributed by atoms with Gasteiger partial charge in [-0.2, -0.15) is 17.4 Å². The van der Waals surface area contributed by atoms with Gasteiger partial charge in [0.2, 0.25) is 0 Å². The molecule has 1 rings (SSSR count). The molecule has 0 aliphatic carbocycles. The fourth-order valence-corrected chi connectivity index (χ4v) is 4.27. The number of carboxylic acids is 1. The van der Waals surface area contributed by atoms with E-state index in [0.29, 0.717) is 12.8 Å². The third-order valence-electron chi connectivity index (χ3n) is 4.02. The van der Waals surface area contributed by atoms with Gasteiger partial charge in [-0.3, -0.25) is 4.79 Å². The first-order valence-electron chi connectivity index (χ1n) is 7.56. The Balaban J connectivity index is 2.77. The van der Waals surface area contributed by atoms with Crippen LogP contribution in [0.15, 0.2) is 0 Å². The molecule has 0 amide bonds. The van der Waals surface area contributed by atoms with Crippen LogP contribution in [0.4, 0.5) is 0 Å². The van der Waals surface area contributed by atoms with Crippen LogP contribution in [0.3, 0.4) is 0 Å². The molecule has 0 aromatic carbocycles. The van der Waals surface area contributed by atoms with E-state index in [-0.39, 0.29) is 31.9 Å². The van der Waals surface area contributed by atoms with Crippen LogP contribution in [-0.2, 0) is 15.0 Å². The number of carbonyl (C=O) groups is 1. The third kappa shape index (κ3) is 6.01. The molecule has 2 unspecified atom stereocenters. The van der Waals surface area contributed by atoms with Crippen LogP contribution in [0.2, 0.25) is 6.32 Å². The summed E-state index contributed by atoms with van der Waals surface area (Å²) in [4.78, 5) is 11.4. The molecule has 2 atom stereocenters. The molecule has 23 heavy (non-hydrogen) atoms. The summed E-state index contributed by atoms with van der Waals surface area (Å²) >= 11 is 0. The van der Waals surface area contributed by atoms with E-state index < -0.39 is 34.8 Å². The Hall–Kier alpha value is -0.715. The van der Waals surface area contributed by atoms with Gasteiger partial charge in [-0.15, -0.1) is 0 Å². The smallest absolute Gasteiger partial charge is 0.451 e. The minimum Gasteiger partial charge on any atom is -0.481 e. The molecule has 0 radical (unpaired) electrons. The Morgan fingerprint density at radius 3 is 2.48 bits per heavy atom. The van der Waals surface area contributed by atoms with Crippen molar-refractivity contribution >= 4 is 23.3 Å². The van der Waals surface area contributed by atoms with Gasteiger partial charge >= 0.3 is 13.1 Å². The molecule has 1 aliphatic rings. The van der Waals surface area contributed by atoms with E-state index in [1.54, 1.807) is 13.8 Å². The normalized spacial score (nSPS) is 23.2. The number of nitrogens with zero attached hydrogens (tertiary/aromatic N) is 1. The van der Waals surface area contributed by atoms with Gasteiger partial charge in [0, 0.05) is 25.2 Å². The van der Waals surface area contributed by atoms with Crippen molar-refractivity contribution in [1.29, 1.82) is 0 Å². The van der Waals surface area contributed by atoms with Gasteiger partial charge in [-0.25, -0.2) is 0 Å². The highest BCUT2D eigenvalue weighted by Gasteiger charge is 2.43. The van der Waals surface area contributed by atoms with Crippen LogP contribution in [0.5, 0.6) is 0 Å². The van der Waals surface area contributed by atoms with Gasteiger partial charge < -0.3 is 20.9 Å². The van der Waals surface area contributed by atoms with E-state index in [0.717, 1.165) is 4.31 Å². The number of rotatable bonds is 9. The second-order valence-electron chi connectivity index (χ2n) is 6.63. The highest BCUT2D eigenvalue weighted by Crippen LogP contribution is 2.30. The lowest BCUT2D eigenvalue weighted by atomic mass is 9.80. The number of hydrogen-bond acceptors (Lipinski definition) is 6. The number of aliphatic carboxylic acids is 1. The molecule has 1 aliphatic heterocycles. The van der Waals surface area contributed by atoms with Gasteiger partial charge in [0.25, 0.3) is 10.2 Å².